The molecule has 1 N–H and O–H groups in total. The summed E-state index contributed by atoms with van der Waals surface area (Å²) in [6, 6.07) is 6.46. The van der Waals surface area contributed by atoms with Crippen molar-refractivity contribution in [2.24, 2.45) is 5.92 Å². The van der Waals surface area contributed by atoms with Gasteiger partial charge in [0, 0.05) is 25.0 Å². The van der Waals surface area contributed by atoms with Crippen LogP contribution < -0.4 is 14.8 Å². The second-order valence-corrected chi connectivity index (χ2v) is 7.40. The quantitative estimate of drug-likeness (QED) is 0.617. The van der Waals surface area contributed by atoms with Gasteiger partial charge in [0.1, 0.15) is 0 Å². The molecule has 0 saturated carbocycles. The van der Waals surface area contributed by atoms with Crippen LogP contribution in [0.5, 0.6) is 11.5 Å². The average Bonchev–Trinajstić information content (AvgIpc) is 2.67. The molecule has 0 radical (unpaired) electrons. The Morgan fingerprint density at radius 1 is 1.18 bits per heavy atom. The molecule has 28 heavy (non-hydrogen) atoms. The van der Waals surface area contributed by atoms with Gasteiger partial charge in [0.2, 0.25) is 5.91 Å². The molecule has 1 aliphatic rings. The van der Waals surface area contributed by atoms with Crippen molar-refractivity contribution in [3.63, 3.8) is 0 Å². The fourth-order valence-electron chi connectivity index (χ4n) is 3.62. The Kier molecular flexibility index (Phi) is 11.3. The highest BCUT2D eigenvalue weighted by molar-refractivity contribution is 5.85. The smallest absolute Gasteiger partial charge is 0.226 e. The zero-order valence-electron chi connectivity index (χ0n) is 17.8. The summed E-state index contributed by atoms with van der Waals surface area (Å²) >= 11 is 0. The maximum Gasteiger partial charge on any atom is 0.226 e. The van der Waals surface area contributed by atoms with E-state index in [0.717, 1.165) is 55.8 Å². The summed E-state index contributed by atoms with van der Waals surface area (Å²) in [6.07, 6.45) is 3.77. The number of ether oxygens (including phenoxy) is 2. The Hall–Kier alpha value is -1.46. The van der Waals surface area contributed by atoms with E-state index in [4.69, 9.17) is 9.47 Å². The van der Waals surface area contributed by atoms with Gasteiger partial charge in [-0.05, 0) is 63.8 Å². The number of hydrogen-bond donors (Lipinski definition) is 1. The van der Waals surface area contributed by atoms with Gasteiger partial charge in [0.25, 0.3) is 0 Å². The second kappa shape index (κ2) is 12.9. The Balaban J connectivity index is 0.00000392. The summed E-state index contributed by atoms with van der Waals surface area (Å²) in [5.41, 5.74) is 1.09. The molecule has 0 bridgehead atoms. The number of rotatable bonds is 10. The molecular weight excluding hydrogens is 376 g/mol. The number of amides is 1. The lowest BCUT2D eigenvalue weighted by Crippen LogP contribution is -2.44. The maximum absolute atomic E-state index is 13.1. The van der Waals surface area contributed by atoms with Crippen LogP contribution in [0.1, 0.15) is 58.9 Å². The van der Waals surface area contributed by atoms with Crippen molar-refractivity contribution in [2.75, 3.05) is 26.3 Å². The molecule has 5 nitrogen and oxygen atoms in total. The zero-order valence-corrected chi connectivity index (χ0v) is 18.6. The van der Waals surface area contributed by atoms with Crippen LogP contribution >= 0.6 is 12.4 Å². The fourth-order valence-corrected chi connectivity index (χ4v) is 3.62. The van der Waals surface area contributed by atoms with E-state index in [1.54, 1.807) is 0 Å². The molecular formula is C22H37ClN2O3. The van der Waals surface area contributed by atoms with E-state index in [2.05, 4.69) is 32.2 Å². The molecule has 1 amide bonds. The van der Waals surface area contributed by atoms with Crippen LogP contribution in [0.4, 0.5) is 0 Å². The first kappa shape index (κ1) is 24.6. The summed E-state index contributed by atoms with van der Waals surface area (Å²) in [7, 11) is 0. The van der Waals surface area contributed by atoms with Crippen LogP contribution in [-0.2, 0) is 11.3 Å². The molecule has 1 aromatic carbocycles. The van der Waals surface area contributed by atoms with Gasteiger partial charge in [-0.1, -0.05) is 19.9 Å². The first-order valence-corrected chi connectivity index (χ1v) is 10.5. The first-order chi connectivity index (χ1) is 13.1. The molecule has 2 atom stereocenters. The van der Waals surface area contributed by atoms with Crippen LogP contribution in [-0.4, -0.2) is 43.2 Å². The molecule has 0 unspecified atom stereocenters. The number of carbonyl (C=O) groups is 1. The van der Waals surface area contributed by atoms with Gasteiger partial charge in [-0.3, -0.25) is 4.79 Å². The van der Waals surface area contributed by atoms with Gasteiger partial charge in [-0.25, -0.2) is 0 Å². The molecule has 2 rings (SSSR count). The lowest BCUT2D eigenvalue weighted by Gasteiger charge is -2.32. The third-order valence-electron chi connectivity index (χ3n) is 4.92. The number of nitrogens with zero attached hydrogens (tertiary/aromatic N) is 1. The topological polar surface area (TPSA) is 50.8 Å². The van der Waals surface area contributed by atoms with E-state index in [1.165, 1.54) is 0 Å². The van der Waals surface area contributed by atoms with Crippen LogP contribution in [0.2, 0.25) is 0 Å². The molecule has 1 aromatic rings. The Morgan fingerprint density at radius 2 is 1.96 bits per heavy atom. The number of halogens is 1. The highest BCUT2D eigenvalue weighted by Gasteiger charge is 2.28. The van der Waals surface area contributed by atoms with E-state index in [-0.39, 0.29) is 24.2 Å². The number of carbonyl (C=O) groups excluding carboxylic acids is 1. The van der Waals surface area contributed by atoms with Crippen molar-refractivity contribution in [3.05, 3.63) is 23.8 Å². The zero-order chi connectivity index (χ0) is 19.6. The highest BCUT2D eigenvalue weighted by atomic mass is 35.5. The van der Waals surface area contributed by atoms with Gasteiger partial charge >= 0.3 is 0 Å². The average molecular weight is 413 g/mol. The van der Waals surface area contributed by atoms with Crippen LogP contribution in [0.3, 0.4) is 0 Å². The van der Waals surface area contributed by atoms with Gasteiger partial charge in [0.05, 0.1) is 13.2 Å². The van der Waals surface area contributed by atoms with Gasteiger partial charge in [-0.2, -0.15) is 0 Å². The largest absolute Gasteiger partial charge is 0.490 e. The second-order valence-electron chi connectivity index (χ2n) is 7.40. The van der Waals surface area contributed by atoms with Crippen molar-refractivity contribution in [2.45, 2.75) is 66.0 Å². The molecule has 1 aliphatic heterocycles. The standard InChI is InChI=1S/C22H36N2O3.ClH/c1-5-12-24(22(25)19-10-11-23-17(4)14-19)16-18-8-9-20(27-13-6-2)21(15-18)26-7-3;/h8-9,15,17,19,23H,5-7,10-14,16H2,1-4H3;1H/t17-,19-;/m0./s1. The number of nitrogens with one attached hydrogen (secondary N) is 1. The lowest BCUT2D eigenvalue weighted by atomic mass is 9.91. The van der Waals surface area contributed by atoms with E-state index in [1.807, 2.05) is 24.0 Å². The molecule has 1 fully saturated rings. The third kappa shape index (κ3) is 7.17. The minimum absolute atomic E-state index is 0. The van der Waals surface area contributed by atoms with Crippen molar-refractivity contribution < 1.29 is 14.3 Å². The minimum Gasteiger partial charge on any atom is -0.490 e. The minimum atomic E-state index is 0. The van der Waals surface area contributed by atoms with Crippen LogP contribution in [0.25, 0.3) is 0 Å². The van der Waals surface area contributed by atoms with E-state index >= 15 is 0 Å². The number of benzene rings is 1. The monoisotopic (exact) mass is 412 g/mol. The third-order valence-corrected chi connectivity index (χ3v) is 4.92. The molecule has 0 aromatic heterocycles. The SMILES string of the molecule is CCCOc1ccc(CN(CCC)C(=O)[C@H]2CCN[C@@H](C)C2)cc1OCC.Cl. The van der Waals surface area contributed by atoms with Crippen LogP contribution in [0, 0.1) is 5.92 Å². The Bertz CT molecular complexity index is 597. The summed E-state index contributed by atoms with van der Waals surface area (Å²) in [5, 5.41) is 3.43. The molecule has 0 spiro atoms. The van der Waals surface area contributed by atoms with Crippen molar-refractivity contribution in [3.8, 4) is 11.5 Å². The normalized spacial score (nSPS) is 18.9. The van der Waals surface area contributed by atoms with E-state index < -0.39 is 0 Å². The van der Waals surface area contributed by atoms with E-state index in [9.17, 15) is 4.79 Å². The van der Waals surface area contributed by atoms with Crippen molar-refractivity contribution in [1.82, 2.24) is 10.2 Å². The van der Waals surface area contributed by atoms with Gasteiger partial charge in [-0.15, -0.1) is 12.4 Å². The molecule has 1 saturated heterocycles. The van der Waals surface area contributed by atoms with Gasteiger partial charge < -0.3 is 19.7 Å². The number of hydrogen-bond acceptors (Lipinski definition) is 4. The highest BCUT2D eigenvalue weighted by Crippen LogP contribution is 2.30. The predicted octanol–water partition coefficient (Wildman–Crippen LogP) is 4.42. The molecule has 1 heterocycles. The van der Waals surface area contributed by atoms with Gasteiger partial charge in [0.15, 0.2) is 11.5 Å². The Labute approximate surface area is 176 Å². The Morgan fingerprint density at radius 3 is 2.61 bits per heavy atom. The predicted molar refractivity (Wildman–Crippen MR) is 117 cm³/mol. The lowest BCUT2D eigenvalue weighted by molar-refractivity contribution is -0.137. The first-order valence-electron chi connectivity index (χ1n) is 10.5. The molecule has 6 heteroatoms. The fraction of sp³-hybridized carbons (Fsp3) is 0.682. The van der Waals surface area contributed by atoms with E-state index in [0.29, 0.717) is 25.8 Å². The molecule has 160 valence electrons. The van der Waals surface area contributed by atoms with Crippen molar-refractivity contribution >= 4 is 18.3 Å². The summed E-state index contributed by atoms with van der Waals surface area (Å²) in [4.78, 5) is 15.1. The maximum atomic E-state index is 13.1. The van der Waals surface area contributed by atoms with Crippen LogP contribution in [0.15, 0.2) is 18.2 Å². The summed E-state index contributed by atoms with van der Waals surface area (Å²) < 4.78 is 11.6. The number of piperidine rings is 1. The summed E-state index contributed by atoms with van der Waals surface area (Å²) in [6.45, 7) is 12.0. The molecule has 0 aliphatic carbocycles. The van der Waals surface area contributed by atoms with Crippen molar-refractivity contribution in [1.29, 1.82) is 0 Å². The summed E-state index contributed by atoms with van der Waals surface area (Å²) in [5.74, 6) is 1.96.